The van der Waals surface area contributed by atoms with Crippen LogP contribution < -0.4 is 5.73 Å². The maximum atomic E-state index is 5.80. The number of rotatable bonds is 3. The van der Waals surface area contributed by atoms with Crippen LogP contribution in [0.3, 0.4) is 0 Å². The molecular weight excluding hydrogens is 268 g/mol. The van der Waals surface area contributed by atoms with Gasteiger partial charge in [0.05, 0.1) is 0 Å². The summed E-state index contributed by atoms with van der Waals surface area (Å²) < 4.78 is 0. The van der Waals surface area contributed by atoms with Gasteiger partial charge in [-0.1, -0.05) is 26.0 Å². The van der Waals surface area contributed by atoms with Crippen LogP contribution in [0, 0.1) is 11.8 Å². The van der Waals surface area contributed by atoms with E-state index < -0.39 is 0 Å². The third-order valence-electron chi connectivity index (χ3n) is 6.14. The number of anilines is 1. The van der Waals surface area contributed by atoms with Gasteiger partial charge in [0.2, 0.25) is 0 Å². The Morgan fingerprint density at radius 1 is 0.909 bits per heavy atom. The average Bonchev–Trinajstić information content (AvgIpc) is 2.56. The molecule has 1 heterocycles. The molecule has 0 aromatic heterocycles. The van der Waals surface area contributed by atoms with Crippen LogP contribution in [0.1, 0.15) is 63.9 Å². The number of nitrogens with two attached hydrogens (primary N) is 1. The minimum Gasteiger partial charge on any atom is -0.399 e. The van der Waals surface area contributed by atoms with Crippen molar-refractivity contribution in [3.05, 3.63) is 29.8 Å². The van der Waals surface area contributed by atoms with Crippen LogP contribution in [0.2, 0.25) is 0 Å². The Bertz CT molecular complexity index is 449. The molecule has 0 atom stereocenters. The Morgan fingerprint density at radius 2 is 1.50 bits per heavy atom. The fraction of sp³-hybridized carbons (Fsp3) is 0.700. The van der Waals surface area contributed by atoms with Crippen molar-refractivity contribution in [3.63, 3.8) is 0 Å². The first kappa shape index (κ1) is 15.9. The summed E-state index contributed by atoms with van der Waals surface area (Å²) in [6, 6.07) is 9.42. The fourth-order valence-corrected chi connectivity index (χ4v) is 4.50. The maximum Gasteiger partial charge on any atom is 0.0314 e. The molecule has 0 unspecified atom stereocenters. The molecule has 0 spiro atoms. The van der Waals surface area contributed by atoms with Gasteiger partial charge in [-0.05, 0) is 87.1 Å². The van der Waals surface area contributed by atoms with Gasteiger partial charge in [-0.2, -0.15) is 0 Å². The normalized spacial score (nSPS) is 28.1. The molecule has 0 amide bonds. The molecule has 2 N–H and O–H groups in total. The number of hydrogen-bond acceptors (Lipinski definition) is 2. The summed E-state index contributed by atoms with van der Waals surface area (Å²) in [4.78, 5) is 2.78. The van der Waals surface area contributed by atoms with Gasteiger partial charge in [-0.15, -0.1) is 0 Å². The number of nitrogens with zero attached hydrogens (tertiary/aromatic N) is 1. The molecule has 3 rings (SSSR count). The van der Waals surface area contributed by atoms with Crippen LogP contribution >= 0.6 is 0 Å². The van der Waals surface area contributed by atoms with Crippen LogP contribution in [-0.4, -0.2) is 24.0 Å². The van der Waals surface area contributed by atoms with Gasteiger partial charge in [0.1, 0.15) is 0 Å². The third kappa shape index (κ3) is 3.65. The standard InChI is InChI=1S/C20H32N2/c1-15(2)16-5-9-20(10-6-16)22-13-11-18(12-14-22)17-3-7-19(21)8-4-17/h3-4,7-8,15-16,18,20H,5-6,9-14,21H2,1-2H3. The molecule has 2 nitrogen and oxygen atoms in total. The number of nitrogen functional groups attached to an aromatic ring is 1. The second-order valence-corrected chi connectivity index (χ2v) is 7.79. The number of hydrogen-bond donors (Lipinski definition) is 1. The van der Waals surface area contributed by atoms with E-state index in [1.54, 1.807) is 0 Å². The molecule has 1 saturated heterocycles. The van der Waals surface area contributed by atoms with Gasteiger partial charge >= 0.3 is 0 Å². The van der Waals surface area contributed by atoms with Crippen molar-refractivity contribution in [2.45, 2.75) is 64.3 Å². The SMILES string of the molecule is CC(C)C1CCC(N2CCC(c3ccc(N)cc3)CC2)CC1. The van der Waals surface area contributed by atoms with Crippen LogP contribution in [0.25, 0.3) is 0 Å². The van der Waals surface area contributed by atoms with Crippen LogP contribution in [0.5, 0.6) is 0 Å². The minimum absolute atomic E-state index is 0.740. The van der Waals surface area contributed by atoms with E-state index in [4.69, 9.17) is 5.73 Å². The van der Waals surface area contributed by atoms with E-state index >= 15 is 0 Å². The van der Waals surface area contributed by atoms with E-state index in [9.17, 15) is 0 Å². The zero-order valence-electron chi connectivity index (χ0n) is 14.3. The number of benzene rings is 1. The van der Waals surface area contributed by atoms with Crippen molar-refractivity contribution >= 4 is 5.69 Å². The first-order valence-electron chi connectivity index (χ1n) is 9.23. The van der Waals surface area contributed by atoms with E-state index in [2.05, 4.69) is 43.0 Å². The average molecular weight is 300 g/mol. The highest BCUT2D eigenvalue weighted by Crippen LogP contribution is 2.35. The first-order chi connectivity index (χ1) is 10.6. The van der Waals surface area contributed by atoms with Crippen molar-refractivity contribution in [1.82, 2.24) is 4.90 Å². The Kier molecular flexibility index (Phi) is 5.07. The Hall–Kier alpha value is -1.02. The highest BCUT2D eigenvalue weighted by atomic mass is 15.2. The smallest absolute Gasteiger partial charge is 0.0314 e. The minimum atomic E-state index is 0.740. The molecule has 1 aliphatic carbocycles. The highest BCUT2D eigenvalue weighted by Gasteiger charge is 2.30. The lowest BCUT2D eigenvalue weighted by molar-refractivity contribution is 0.0982. The maximum absolute atomic E-state index is 5.80. The second kappa shape index (κ2) is 7.04. The number of piperidine rings is 1. The molecule has 1 saturated carbocycles. The van der Waals surface area contributed by atoms with Crippen molar-refractivity contribution in [3.8, 4) is 0 Å². The monoisotopic (exact) mass is 300 g/mol. The lowest BCUT2D eigenvalue weighted by Gasteiger charge is -2.41. The Morgan fingerprint density at radius 3 is 2.05 bits per heavy atom. The largest absolute Gasteiger partial charge is 0.399 e. The van der Waals surface area contributed by atoms with E-state index in [1.807, 2.05) is 0 Å². The number of likely N-dealkylation sites (tertiary alicyclic amines) is 1. The van der Waals surface area contributed by atoms with E-state index in [0.29, 0.717) is 0 Å². The van der Waals surface area contributed by atoms with Crippen LogP contribution in [-0.2, 0) is 0 Å². The van der Waals surface area contributed by atoms with E-state index in [1.165, 1.54) is 57.2 Å². The molecule has 0 bridgehead atoms. The molecule has 2 fully saturated rings. The summed E-state index contributed by atoms with van der Waals surface area (Å²) in [5.41, 5.74) is 8.16. The Labute approximate surface area is 136 Å². The first-order valence-corrected chi connectivity index (χ1v) is 9.23. The van der Waals surface area contributed by atoms with E-state index in [-0.39, 0.29) is 0 Å². The van der Waals surface area contributed by atoms with Crippen molar-refractivity contribution in [2.75, 3.05) is 18.8 Å². The van der Waals surface area contributed by atoms with Crippen LogP contribution in [0.15, 0.2) is 24.3 Å². The second-order valence-electron chi connectivity index (χ2n) is 7.79. The fourth-order valence-electron chi connectivity index (χ4n) is 4.50. The van der Waals surface area contributed by atoms with E-state index in [0.717, 1.165) is 29.5 Å². The van der Waals surface area contributed by atoms with Gasteiger partial charge in [-0.3, -0.25) is 0 Å². The summed E-state index contributed by atoms with van der Waals surface area (Å²) in [6.45, 7) is 7.35. The summed E-state index contributed by atoms with van der Waals surface area (Å²) in [6.07, 6.45) is 8.37. The predicted octanol–water partition coefficient (Wildman–Crippen LogP) is 4.66. The quantitative estimate of drug-likeness (QED) is 0.822. The molecule has 0 radical (unpaired) electrons. The third-order valence-corrected chi connectivity index (χ3v) is 6.14. The van der Waals surface area contributed by atoms with Crippen molar-refractivity contribution in [2.24, 2.45) is 11.8 Å². The lowest BCUT2D eigenvalue weighted by Crippen LogP contribution is -2.43. The molecule has 122 valence electrons. The van der Waals surface area contributed by atoms with Crippen molar-refractivity contribution < 1.29 is 0 Å². The zero-order valence-corrected chi connectivity index (χ0v) is 14.3. The molecule has 1 aromatic carbocycles. The van der Waals surface area contributed by atoms with Gasteiger partial charge in [0.15, 0.2) is 0 Å². The topological polar surface area (TPSA) is 29.3 Å². The Balaban J connectivity index is 1.49. The van der Waals surface area contributed by atoms with Gasteiger partial charge < -0.3 is 10.6 Å². The van der Waals surface area contributed by atoms with Gasteiger partial charge in [0, 0.05) is 11.7 Å². The molecule has 2 heteroatoms. The van der Waals surface area contributed by atoms with Crippen LogP contribution in [0.4, 0.5) is 5.69 Å². The lowest BCUT2D eigenvalue weighted by atomic mass is 9.78. The van der Waals surface area contributed by atoms with Crippen molar-refractivity contribution in [1.29, 1.82) is 0 Å². The summed E-state index contributed by atoms with van der Waals surface area (Å²) >= 11 is 0. The van der Waals surface area contributed by atoms with Gasteiger partial charge in [-0.25, -0.2) is 0 Å². The summed E-state index contributed by atoms with van der Waals surface area (Å²) in [5, 5.41) is 0. The van der Waals surface area contributed by atoms with Gasteiger partial charge in [0.25, 0.3) is 0 Å². The molecule has 1 aromatic rings. The molecule has 1 aliphatic heterocycles. The molecule has 22 heavy (non-hydrogen) atoms. The summed E-state index contributed by atoms with van der Waals surface area (Å²) in [5.74, 6) is 2.59. The summed E-state index contributed by atoms with van der Waals surface area (Å²) in [7, 11) is 0. The highest BCUT2D eigenvalue weighted by molar-refractivity contribution is 5.40. The zero-order chi connectivity index (χ0) is 15.5. The molecule has 2 aliphatic rings. The molecular formula is C20H32N2. The predicted molar refractivity (Wildman–Crippen MR) is 95.0 cm³/mol.